The van der Waals surface area contributed by atoms with Crippen LogP contribution in [-0.4, -0.2) is 17.6 Å². The molecule has 0 saturated carbocycles. The van der Waals surface area contributed by atoms with E-state index in [0.717, 1.165) is 25.0 Å². The van der Waals surface area contributed by atoms with Gasteiger partial charge in [0.05, 0.1) is 12.2 Å². The summed E-state index contributed by atoms with van der Waals surface area (Å²) in [5.41, 5.74) is 1.29. The Morgan fingerprint density at radius 2 is 2.06 bits per heavy atom. The second-order valence-electron chi connectivity index (χ2n) is 4.22. The summed E-state index contributed by atoms with van der Waals surface area (Å²) in [5, 5.41) is 0.340. The number of rotatable bonds is 7. The third-order valence-corrected chi connectivity index (χ3v) is 2.87. The highest BCUT2D eigenvalue weighted by Gasteiger charge is 2.09. The molecule has 0 amide bonds. The lowest BCUT2D eigenvalue weighted by molar-refractivity contribution is 0.0497. The Bertz CT molecular complexity index is 393. The monoisotopic (exact) mass is 269 g/mol. The van der Waals surface area contributed by atoms with Gasteiger partial charge in [-0.15, -0.1) is 0 Å². The molecule has 100 valence electrons. The maximum atomic E-state index is 11.8. The van der Waals surface area contributed by atoms with Crippen LogP contribution >= 0.6 is 11.6 Å². The molecule has 0 aliphatic carbocycles. The number of unbranched alkanes of at least 4 members (excludes halogenated alkanes) is 3. The number of hydrogen-bond donors (Lipinski definition) is 0. The van der Waals surface area contributed by atoms with Crippen molar-refractivity contribution in [3.05, 3.63) is 28.5 Å². The number of hydrogen-bond acceptors (Lipinski definition) is 3. The molecule has 0 bridgehead atoms. The maximum Gasteiger partial charge on any atom is 0.338 e. The van der Waals surface area contributed by atoms with Crippen molar-refractivity contribution in [2.75, 3.05) is 6.61 Å². The van der Waals surface area contributed by atoms with Gasteiger partial charge in [-0.25, -0.2) is 9.78 Å². The minimum Gasteiger partial charge on any atom is -0.462 e. The highest BCUT2D eigenvalue weighted by molar-refractivity contribution is 6.29. The zero-order chi connectivity index (χ0) is 13.4. The summed E-state index contributed by atoms with van der Waals surface area (Å²) in [7, 11) is 0. The standard InChI is InChI=1S/C14H20ClNO2/c1-3-5-6-7-8-18-14(17)11-9-12(4-2)16-13(15)10-11/h9-10H,3-8H2,1-2H3. The predicted molar refractivity (Wildman–Crippen MR) is 73.0 cm³/mol. The second-order valence-corrected chi connectivity index (χ2v) is 4.61. The van der Waals surface area contributed by atoms with Crippen LogP contribution in [0.4, 0.5) is 0 Å². The molecule has 1 aromatic rings. The van der Waals surface area contributed by atoms with Crippen LogP contribution in [0.25, 0.3) is 0 Å². The summed E-state index contributed by atoms with van der Waals surface area (Å²) in [6.07, 6.45) is 5.11. The van der Waals surface area contributed by atoms with Crippen molar-refractivity contribution in [2.45, 2.75) is 46.0 Å². The number of esters is 1. The number of halogens is 1. The van der Waals surface area contributed by atoms with Crippen LogP contribution in [0.5, 0.6) is 0 Å². The first-order chi connectivity index (χ1) is 8.67. The average Bonchev–Trinajstić information content (AvgIpc) is 2.37. The number of aromatic nitrogens is 1. The van der Waals surface area contributed by atoms with Gasteiger partial charge in [-0.05, 0) is 25.0 Å². The van der Waals surface area contributed by atoms with E-state index in [-0.39, 0.29) is 5.97 Å². The van der Waals surface area contributed by atoms with Crippen molar-refractivity contribution in [2.24, 2.45) is 0 Å². The number of carbonyl (C=O) groups is 1. The Labute approximate surface area is 114 Å². The molecule has 1 heterocycles. The third-order valence-electron chi connectivity index (χ3n) is 2.68. The van der Waals surface area contributed by atoms with Gasteiger partial charge >= 0.3 is 5.97 Å². The van der Waals surface area contributed by atoms with E-state index in [0.29, 0.717) is 17.3 Å². The second kappa shape index (κ2) is 8.09. The van der Waals surface area contributed by atoms with Crippen molar-refractivity contribution in [1.29, 1.82) is 0 Å². The van der Waals surface area contributed by atoms with E-state index in [2.05, 4.69) is 11.9 Å². The van der Waals surface area contributed by atoms with E-state index in [1.807, 2.05) is 6.92 Å². The van der Waals surface area contributed by atoms with Crippen LogP contribution in [0.1, 0.15) is 55.6 Å². The van der Waals surface area contributed by atoms with Crippen LogP contribution in [0.15, 0.2) is 12.1 Å². The number of nitrogens with zero attached hydrogens (tertiary/aromatic N) is 1. The van der Waals surface area contributed by atoms with Crippen molar-refractivity contribution in [3.63, 3.8) is 0 Å². The SMILES string of the molecule is CCCCCCOC(=O)c1cc(Cl)nc(CC)c1. The quantitative estimate of drug-likeness (QED) is 0.426. The van der Waals surface area contributed by atoms with E-state index in [4.69, 9.17) is 16.3 Å². The summed E-state index contributed by atoms with van der Waals surface area (Å²) in [5.74, 6) is -0.314. The topological polar surface area (TPSA) is 39.2 Å². The number of pyridine rings is 1. The first kappa shape index (κ1) is 15.0. The summed E-state index contributed by atoms with van der Waals surface area (Å²) in [4.78, 5) is 15.9. The maximum absolute atomic E-state index is 11.8. The highest BCUT2D eigenvalue weighted by atomic mass is 35.5. The van der Waals surface area contributed by atoms with E-state index in [1.165, 1.54) is 12.8 Å². The molecule has 0 atom stereocenters. The van der Waals surface area contributed by atoms with Gasteiger partial charge in [-0.2, -0.15) is 0 Å². The van der Waals surface area contributed by atoms with E-state index in [9.17, 15) is 4.79 Å². The number of carbonyl (C=O) groups excluding carboxylic acids is 1. The zero-order valence-electron chi connectivity index (χ0n) is 11.0. The predicted octanol–water partition coefficient (Wildman–Crippen LogP) is 4.03. The van der Waals surface area contributed by atoms with E-state index < -0.39 is 0 Å². The fraction of sp³-hybridized carbons (Fsp3) is 0.571. The molecular weight excluding hydrogens is 250 g/mol. The zero-order valence-corrected chi connectivity index (χ0v) is 11.8. The van der Waals surface area contributed by atoms with Gasteiger partial charge < -0.3 is 4.74 Å². The summed E-state index contributed by atoms with van der Waals surface area (Å²) in [6, 6.07) is 3.29. The Hall–Kier alpha value is -1.09. The van der Waals surface area contributed by atoms with Crippen molar-refractivity contribution in [3.8, 4) is 0 Å². The molecule has 0 fully saturated rings. The molecule has 0 radical (unpaired) electrons. The largest absolute Gasteiger partial charge is 0.462 e. The fourth-order valence-corrected chi connectivity index (χ4v) is 1.85. The van der Waals surface area contributed by atoms with Gasteiger partial charge in [0.2, 0.25) is 0 Å². The lowest BCUT2D eigenvalue weighted by atomic mass is 10.2. The first-order valence-electron chi connectivity index (χ1n) is 6.51. The molecule has 0 N–H and O–H groups in total. The molecule has 0 aliphatic heterocycles. The van der Waals surface area contributed by atoms with Crippen LogP contribution in [0.2, 0.25) is 5.15 Å². The van der Waals surface area contributed by atoms with Gasteiger partial charge in [0, 0.05) is 5.69 Å². The van der Waals surface area contributed by atoms with E-state index in [1.54, 1.807) is 12.1 Å². The minimum absolute atomic E-state index is 0.314. The Balaban J connectivity index is 2.48. The van der Waals surface area contributed by atoms with Crippen molar-refractivity contribution >= 4 is 17.6 Å². The normalized spacial score (nSPS) is 10.4. The Morgan fingerprint density at radius 1 is 1.28 bits per heavy atom. The number of ether oxygens (including phenoxy) is 1. The van der Waals surface area contributed by atoms with Gasteiger partial charge in [0.25, 0.3) is 0 Å². The van der Waals surface area contributed by atoms with Crippen molar-refractivity contribution in [1.82, 2.24) is 4.98 Å². The summed E-state index contributed by atoms with van der Waals surface area (Å²) >= 11 is 5.86. The minimum atomic E-state index is -0.314. The molecule has 0 unspecified atom stereocenters. The molecule has 18 heavy (non-hydrogen) atoms. The summed E-state index contributed by atoms with van der Waals surface area (Å²) in [6.45, 7) is 4.59. The molecule has 1 rings (SSSR count). The van der Waals surface area contributed by atoms with Crippen LogP contribution in [0, 0.1) is 0 Å². The summed E-state index contributed by atoms with van der Waals surface area (Å²) < 4.78 is 5.20. The molecular formula is C14H20ClNO2. The van der Waals surface area contributed by atoms with Crippen molar-refractivity contribution < 1.29 is 9.53 Å². The van der Waals surface area contributed by atoms with Crippen LogP contribution in [0.3, 0.4) is 0 Å². The van der Waals surface area contributed by atoms with Gasteiger partial charge in [-0.3, -0.25) is 0 Å². The molecule has 0 aliphatic rings. The lowest BCUT2D eigenvalue weighted by Crippen LogP contribution is -2.07. The molecule has 0 saturated heterocycles. The molecule has 0 spiro atoms. The fourth-order valence-electron chi connectivity index (χ4n) is 1.63. The van der Waals surface area contributed by atoms with Gasteiger partial charge in [0.1, 0.15) is 5.15 Å². The van der Waals surface area contributed by atoms with Gasteiger partial charge in [0.15, 0.2) is 0 Å². The molecule has 3 nitrogen and oxygen atoms in total. The lowest BCUT2D eigenvalue weighted by Gasteiger charge is -2.06. The highest BCUT2D eigenvalue weighted by Crippen LogP contribution is 2.13. The Morgan fingerprint density at radius 3 is 2.72 bits per heavy atom. The molecule has 1 aromatic heterocycles. The van der Waals surface area contributed by atoms with Gasteiger partial charge in [-0.1, -0.05) is 44.7 Å². The number of aryl methyl sites for hydroxylation is 1. The first-order valence-corrected chi connectivity index (χ1v) is 6.88. The Kier molecular flexibility index (Phi) is 6.73. The van der Waals surface area contributed by atoms with Crippen LogP contribution < -0.4 is 0 Å². The average molecular weight is 270 g/mol. The molecule has 4 heteroatoms. The molecule has 0 aromatic carbocycles. The third kappa shape index (κ3) is 5.05. The smallest absolute Gasteiger partial charge is 0.338 e. The van der Waals surface area contributed by atoms with E-state index >= 15 is 0 Å². The van der Waals surface area contributed by atoms with Crippen LogP contribution in [-0.2, 0) is 11.2 Å².